The van der Waals surface area contributed by atoms with Gasteiger partial charge in [0.15, 0.2) is 0 Å². The van der Waals surface area contributed by atoms with Crippen LogP contribution in [-0.4, -0.2) is 19.9 Å². The first-order chi connectivity index (χ1) is 11.8. The summed E-state index contributed by atoms with van der Waals surface area (Å²) in [5.41, 5.74) is 1.03. The van der Waals surface area contributed by atoms with E-state index >= 15 is 0 Å². The van der Waals surface area contributed by atoms with E-state index in [1.165, 1.54) is 18.2 Å². The molecule has 0 unspecified atom stereocenters. The van der Waals surface area contributed by atoms with Crippen LogP contribution in [0.3, 0.4) is 0 Å². The van der Waals surface area contributed by atoms with Crippen molar-refractivity contribution in [3.8, 4) is 5.75 Å². The van der Waals surface area contributed by atoms with E-state index in [2.05, 4.69) is 4.72 Å². The quantitative estimate of drug-likeness (QED) is 0.573. The molecule has 2 rings (SSSR count). The molecule has 1 atom stereocenters. The molecule has 0 radical (unpaired) electrons. The van der Waals surface area contributed by atoms with Gasteiger partial charge in [-0.3, -0.25) is 10.1 Å². The zero-order valence-electron chi connectivity index (χ0n) is 14.0. The zero-order valence-corrected chi connectivity index (χ0v) is 14.8. The highest BCUT2D eigenvalue weighted by Crippen LogP contribution is 2.20. The minimum Gasteiger partial charge on any atom is -0.494 e. The maximum absolute atomic E-state index is 12.3. The van der Waals surface area contributed by atoms with Crippen LogP contribution in [0, 0.1) is 10.1 Å². The second-order valence-corrected chi connectivity index (χ2v) is 7.28. The number of hydrogen-bond acceptors (Lipinski definition) is 5. The lowest BCUT2D eigenvalue weighted by atomic mass is 10.1. The third-order valence-electron chi connectivity index (χ3n) is 3.53. The van der Waals surface area contributed by atoms with Gasteiger partial charge in [0, 0.05) is 18.2 Å². The van der Waals surface area contributed by atoms with Gasteiger partial charge in [0.2, 0.25) is 10.0 Å². The summed E-state index contributed by atoms with van der Waals surface area (Å²) in [6.45, 7) is 4.18. The highest BCUT2D eigenvalue weighted by atomic mass is 32.2. The van der Waals surface area contributed by atoms with Gasteiger partial charge < -0.3 is 4.74 Å². The Morgan fingerprint density at radius 3 is 2.48 bits per heavy atom. The van der Waals surface area contributed by atoms with E-state index in [4.69, 9.17) is 4.74 Å². The largest absolute Gasteiger partial charge is 0.494 e. The summed E-state index contributed by atoms with van der Waals surface area (Å²) in [7, 11) is -3.65. The van der Waals surface area contributed by atoms with Crippen LogP contribution in [0.15, 0.2) is 48.5 Å². The maximum atomic E-state index is 12.3. The molecule has 0 amide bonds. The first-order valence-electron chi connectivity index (χ1n) is 7.77. The Balaban J connectivity index is 2.07. The summed E-state index contributed by atoms with van der Waals surface area (Å²) in [5.74, 6) is 0.397. The van der Waals surface area contributed by atoms with Gasteiger partial charge in [-0.1, -0.05) is 24.3 Å². The van der Waals surface area contributed by atoms with Crippen molar-refractivity contribution in [2.24, 2.45) is 0 Å². The molecular formula is C17H20N2O5S. The topological polar surface area (TPSA) is 98.5 Å². The average Bonchev–Trinajstić information content (AvgIpc) is 2.55. The van der Waals surface area contributed by atoms with Gasteiger partial charge in [-0.25, -0.2) is 13.1 Å². The molecule has 0 aliphatic carbocycles. The van der Waals surface area contributed by atoms with Gasteiger partial charge in [0.05, 0.1) is 17.3 Å². The van der Waals surface area contributed by atoms with Crippen molar-refractivity contribution in [3.63, 3.8) is 0 Å². The van der Waals surface area contributed by atoms with E-state index in [1.807, 2.05) is 6.92 Å². The first-order valence-corrected chi connectivity index (χ1v) is 9.42. The van der Waals surface area contributed by atoms with Crippen molar-refractivity contribution in [3.05, 3.63) is 69.8 Å². The second-order valence-electron chi connectivity index (χ2n) is 5.53. The number of ether oxygens (including phenoxy) is 1. The van der Waals surface area contributed by atoms with E-state index in [1.54, 1.807) is 37.3 Å². The number of nitrogens with one attached hydrogen (secondary N) is 1. The molecule has 0 saturated heterocycles. The van der Waals surface area contributed by atoms with Crippen molar-refractivity contribution in [2.45, 2.75) is 25.6 Å². The molecule has 1 N–H and O–H groups in total. The lowest BCUT2D eigenvalue weighted by molar-refractivity contribution is -0.384. The fraction of sp³-hybridized carbons (Fsp3) is 0.294. The molecule has 0 aliphatic rings. The normalized spacial score (nSPS) is 12.6. The van der Waals surface area contributed by atoms with Gasteiger partial charge in [-0.15, -0.1) is 0 Å². The van der Waals surface area contributed by atoms with Gasteiger partial charge in [-0.05, 0) is 37.1 Å². The number of nitro groups is 1. The molecule has 8 heteroatoms. The fourth-order valence-electron chi connectivity index (χ4n) is 2.38. The van der Waals surface area contributed by atoms with E-state index in [0.717, 1.165) is 11.3 Å². The third-order valence-corrected chi connectivity index (χ3v) is 4.95. The molecule has 25 heavy (non-hydrogen) atoms. The summed E-state index contributed by atoms with van der Waals surface area (Å²) in [6.07, 6.45) is 0. The highest BCUT2D eigenvalue weighted by molar-refractivity contribution is 7.88. The van der Waals surface area contributed by atoms with Crippen LogP contribution in [0.2, 0.25) is 0 Å². The van der Waals surface area contributed by atoms with Crippen molar-refractivity contribution in [1.82, 2.24) is 4.72 Å². The van der Waals surface area contributed by atoms with Crippen LogP contribution in [0.25, 0.3) is 0 Å². The molecule has 7 nitrogen and oxygen atoms in total. The number of benzene rings is 2. The van der Waals surface area contributed by atoms with E-state index in [9.17, 15) is 18.5 Å². The maximum Gasteiger partial charge on any atom is 0.269 e. The number of hydrogen-bond donors (Lipinski definition) is 1. The molecule has 0 aliphatic heterocycles. The van der Waals surface area contributed by atoms with Crippen LogP contribution >= 0.6 is 0 Å². The number of sulfonamides is 1. The Kier molecular flexibility index (Phi) is 6.11. The summed E-state index contributed by atoms with van der Waals surface area (Å²) >= 11 is 0. The summed E-state index contributed by atoms with van der Waals surface area (Å²) < 4.78 is 32.6. The van der Waals surface area contributed by atoms with Gasteiger partial charge >= 0.3 is 0 Å². The van der Waals surface area contributed by atoms with Crippen LogP contribution in [0.1, 0.15) is 31.0 Å². The Morgan fingerprint density at radius 2 is 1.88 bits per heavy atom. The van der Waals surface area contributed by atoms with E-state index in [0.29, 0.717) is 12.2 Å². The molecule has 0 aromatic heterocycles. The van der Waals surface area contributed by atoms with E-state index in [-0.39, 0.29) is 11.4 Å². The van der Waals surface area contributed by atoms with Crippen molar-refractivity contribution < 1.29 is 18.1 Å². The lowest BCUT2D eigenvalue weighted by Gasteiger charge is -2.15. The number of non-ortho nitro benzene ring substituents is 1. The molecule has 0 spiro atoms. The smallest absolute Gasteiger partial charge is 0.269 e. The molecule has 0 saturated carbocycles. The Labute approximate surface area is 146 Å². The molecule has 0 heterocycles. The summed E-state index contributed by atoms with van der Waals surface area (Å²) in [4.78, 5) is 10.2. The monoisotopic (exact) mass is 364 g/mol. The average molecular weight is 364 g/mol. The lowest BCUT2D eigenvalue weighted by Crippen LogP contribution is -2.28. The van der Waals surface area contributed by atoms with Crippen molar-refractivity contribution >= 4 is 15.7 Å². The molecule has 2 aromatic carbocycles. The van der Waals surface area contributed by atoms with E-state index < -0.39 is 21.0 Å². The molecule has 0 fully saturated rings. The van der Waals surface area contributed by atoms with Crippen LogP contribution in [-0.2, 0) is 15.8 Å². The van der Waals surface area contributed by atoms with Crippen LogP contribution in [0.5, 0.6) is 5.75 Å². The fourth-order valence-corrected chi connectivity index (χ4v) is 3.75. The molecule has 0 bridgehead atoms. The second kappa shape index (κ2) is 8.09. The Bertz CT molecular complexity index is 834. The molecule has 2 aromatic rings. The number of rotatable bonds is 8. The van der Waals surface area contributed by atoms with Crippen LogP contribution < -0.4 is 9.46 Å². The number of nitrogens with zero attached hydrogens (tertiary/aromatic N) is 1. The third kappa shape index (κ3) is 5.54. The minimum atomic E-state index is -3.65. The zero-order chi connectivity index (χ0) is 18.4. The summed E-state index contributed by atoms with van der Waals surface area (Å²) in [6, 6.07) is 12.3. The summed E-state index contributed by atoms with van der Waals surface area (Å²) in [5, 5.41) is 10.8. The highest BCUT2D eigenvalue weighted by Gasteiger charge is 2.18. The Morgan fingerprint density at radius 1 is 1.20 bits per heavy atom. The number of nitro benzene ring substituents is 1. The van der Waals surface area contributed by atoms with Gasteiger partial charge in [-0.2, -0.15) is 0 Å². The molecule has 134 valence electrons. The standard InChI is InChI=1S/C17H20N2O5S/c1-3-24-17-9-7-15(8-10-17)13(2)18-25(22,23)12-14-5-4-6-16(11-14)19(20)21/h4-11,13,18H,3,12H2,1-2H3/t13-/m0/s1. The van der Waals surface area contributed by atoms with Crippen LogP contribution in [0.4, 0.5) is 5.69 Å². The van der Waals surface area contributed by atoms with Gasteiger partial charge in [0.1, 0.15) is 5.75 Å². The predicted molar refractivity (Wildman–Crippen MR) is 94.9 cm³/mol. The minimum absolute atomic E-state index is 0.132. The van der Waals surface area contributed by atoms with Crippen molar-refractivity contribution in [1.29, 1.82) is 0 Å². The molecular weight excluding hydrogens is 344 g/mol. The predicted octanol–water partition coefficient (Wildman–Crippen LogP) is 3.17. The first kappa shape index (κ1) is 18.9. The van der Waals surface area contributed by atoms with Crippen molar-refractivity contribution in [2.75, 3.05) is 6.61 Å². The van der Waals surface area contributed by atoms with Gasteiger partial charge in [0.25, 0.3) is 5.69 Å². The Hall–Kier alpha value is -2.45. The SMILES string of the molecule is CCOc1ccc([C@H](C)NS(=O)(=O)Cc2cccc([N+](=O)[O-])c2)cc1.